The molecule has 1 aliphatic rings. The Morgan fingerprint density at radius 3 is 2.45 bits per heavy atom. The second kappa shape index (κ2) is 7.56. The highest BCUT2D eigenvalue weighted by Crippen LogP contribution is 2.34. The lowest BCUT2D eigenvalue weighted by molar-refractivity contribution is 0.0993. The largest absolute Gasteiger partial charge is 0.485 e. The third-order valence-corrected chi connectivity index (χ3v) is 4.51. The van der Waals surface area contributed by atoms with E-state index in [4.69, 9.17) is 27.9 Å². The lowest BCUT2D eigenvalue weighted by Gasteiger charge is -2.35. The zero-order valence-corrected chi connectivity index (χ0v) is 14.5. The molecule has 0 radical (unpaired) electrons. The minimum absolute atomic E-state index is 0. The Kier molecular flexibility index (Phi) is 5.99. The monoisotopic (exact) mass is 357 g/mol. The van der Waals surface area contributed by atoms with Gasteiger partial charge in [-0.1, -0.05) is 41.4 Å². The molecule has 3 rings (SSSR count). The molecule has 0 aromatic heterocycles. The molecule has 0 saturated carbocycles. The number of benzene rings is 2. The summed E-state index contributed by atoms with van der Waals surface area (Å²) in [6, 6.07) is 13.8. The molecule has 1 aliphatic heterocycles. The molecule has 2 nitrogen and oxygen atoms in total. The lowest BCUT2D eigenvalue weighted by Crippen LogP contribution is -2.46. The van der Waals surface area contributed by atoms with Gasteiger partial charge in [-0.3, -0.25) is 0 Å². The molecule has 0 aliphatic carbocycles. The van der Waals surface area contributed by atoms with E-state index in [2.05, 4.69) is 24.4 Å². The van der Waals surface area contributed by atoms with Crippen molar-refractivity contribution in [3.8, 4) is 5.75 Å². The van der Waals surface area contributed by atoms with Gasteiger partial charge in [-0.05, 0) is 42.3 Å². The summed E-state index contributed by atoms with van der Waals surface area (Å²) in [4.78, 5) is 0. The quantitative estimate of drug-likeness (QED) is 0.824. The fourth-order valence-corrected chi connectivity index (χ4v) is 2.79. The second-order valence-electron chi connectivity index (χ2n) is 5.45. The molecule has 5 heteroatoms. The van der Waals surface area contributed by atoms with Crippen molar-refractivity contribution in [1.82, 2.24) is 5.32 Å². The van der Waals surface area contributed by atoms with Crippen LogP contribution in [-0.4, -0.2) is 13.1 Å². The smallest absolute Gasteiger partial charge is 0.129 e. The van der Waals surface area contributed by atoms with Crippen LogP contribution < -0.4 is 10.1 Å². The number of nitrogens with one attached hydrogen (secondary N) is 1. The van der Waals surface area contributed by atoms with Crippen LogP contribution in [0.4, 0.5) is 0 Å². The molecule has 2 aromatic carbocycles. The van der Waals surface area contributed by atoms with Crippen molar-refractivity contribution in [2.75, 3.05) is 13.1 Å². The van der Waals surface area contributed by atoms with Gasteiger partial charge in [0.2, 0.25) is 0 Å². The minimum Gasteiger partial charge on any atom is -0.485 e. The third kappa shape index (κ3) is 3.88. The van der Waals surface area contributed by atoms with Gasteiger partial charge in [0, 0.05) is 19.0 Å². The van der Waals surface area contributed by atoms with Crippen molar-refractivity contribution >= 4 is 35.6 Å². The fourth-order valence-electron chi connectivity index (χ4n) is 2.49. The van der Waals surface area contributed by atoms with Gasteiger partial charge in [0.05, 0.1) is 10.0 Å². The number of halogens is 3. The van der Waals surface area contributed by atoms with Gasteiger partial charge in [-0.25, -0.2) is 0 Å². The number of rotatable bonds is 4. The molecular formula is C17H18Cl3NO. The highest BCUT2D eigenvalue weighted by molar-refractivity contribution is 6.42. The van der Waals surface area contributed by atoms with E-state index in [1.54, 1.807) is 0 Å². The zero-order chi connectivity index (χ0) is 14.8. The van der Waals surface area contributed by atoms with Crippen molar-refractivity contribution in [3.05, 3.63) is 63.6 Å². The molecule has 0 spiro atoms. The van der Waals surface area contributed by atoms with Crippen LogP contribution in [0.5, 0.6) is 5.75 Å². The van der Waals surface area contributed by atoms with E-state index in [9.17, 15) is 0 Å². The topological polar surface area (TPSA) is 21.3 Å². The Bertz CT molecular complexity index is 644. The summed E-state index contributed by atoms with van der Waals surface area (Å²) in [5, 5.41) is 4.44. The average molecular weight is 359 g/mol. The summed E-state index contributed by atoms with van der Waals surface area (Å²) in [5.41, 5.74) is 2.25. The van der Waals surface area contributed by atoms with E-state index >= 15 is 0 Å². The Labute approximate surface area is 147 Å². The summed E-state index contributed by atoms with van der Waals surface area (Å²) in [6.45, 7) is 3.97. The molecule has 2 aromatic rings. The van der Waals surface area contributed by atoms with Crippen LogP contribution in [0.25, 0.3) is 0 Å². The second-order valence-corrected chi connectivity index (χ2v) is 6.26. The predicted octanol–water partition coefficient (Wildman–Crippen LogP) is 5.06. The van der Waals surface area contributed by atoms with Crippen LogP contribution in [0.2, 0.25) is 10.0 Å². The van der Waals surface area contributed by atoms with E-state index in [1.165, 1.54) is 5.56 Å². The number of hydrogen-bond acceptors (Lipinski definition) is 2. The molecular weight excluding hydrogens is 341 g/mol. The molecule has 118 valence electrons. The fraction of sp³-hybridized carbons (Fsp3) is 0.294. The summed E-state index contributed by atoms with van der Waals surface area (Å²) >= 11 is 12.2. The highest BCUT2D eigenvalue weighted by atomic mass is 35.5. The first-order valence-electron chi connectivity index (χ1n) is 7.02. The number of ether oxygens (including phenoxy) is 1. The third-order valence-electron chi connectivity index (χ3n) is 3.77. The van der Waals surface area contributed by atoms with Crippen molar-refractivity contribution in [3.63, 3.8) is 0 Å². The van der Waals surface area contributed by atoms with Gasteiger partial charge in [-0.2, -0.15) is 0 Å². The van der Waals surface area contributed by atoms with E-state index in [0.717, 1.165) is 24.4 Å². The molecule has 0 amide bonds. The Morgan fingerprint density at radius 1 is 1.09 bits per heavy atom. The normalized spacial score (nSPS) is 15.6. The number of aryl methyl sites for hydroxylation is 1. The lowest BCUT2D eigenvalue weighted by atomic mass is 9.91. The standard InChI is InChI=1S/C17H17Cl2NO.ClH/c1-11-3-2-4-14(7-11)21-17(13-9-20-10-13)12-5-6-15(18)16(19)8-12;/h2-8,13,17,20H,9-10H2,1H3;1H/t17-;/m0./s1. The van der Waals surface area contributed by atoms with Gasteiger partial charge >= 0.3 is 0 Å². The van der Waals surface area contributed by atoms with Crippen LogP contribution in [0.3, 0.4) is 0 Å². The summed E-state index contributed by atoms with van der Waals surface area (Å²) in [6.07, 6.45) is -0.0113. The van der Waals surface area contributed by atoms with Gasteiger partial charge in [0.15, 0.2) is 0 Å². The van der Waals surface area contributed by atoms with Crippen LogP contribution in [0, 0.1) is 12.8 Å². The molecule has 1 heterocycles. The Morgan fingerprint density at radius 2 is 1.86 bits per heavy atom. The predicted molar refractivity (Wildman–Crippen MR) is 94.6 cm³/mol. The van der Waals surface area contributed by atoms with Crippen molar-refractivity contribution < 1.29 is 4.74 Å². The molecule has 0 bridgehead atoms. The maximum absolute atomic E-state index is 6.24. The van der Waals surface area contributed by atoms with E-state index in [-0.39, 0.29) is 18.5 Å². The van der Waals surface area contributed by atoms with E-state index in [1.807, 2.05) is 30.3 Å². The van der Waals surface area contributed by atoms with Gasteiger partial charge < -0.3 is 10.1 Å². The SMILES string of the molecule is Cc1cccc(O[C@@H](c2ccc(Cl)c(Cl)c2)C2CNC2)c1.Cl. The number of hydrogen-bond donors (Lipinski definition) is 1. The Balaban J connectivity index is 0.00000176. The first kappa shape index (κ1) is 17.4. The summed E-state index contributed by atoms with van der Waals surface area (Å²) < 4.78 is 6.24. The first-order chi connectivity index (χ1) is 10.1. The van der Waals surface area contributed by atoms with Crippen LogP contribution in [0.15, 0.2) is 42.5 Å². The van der Waals surface area contributed by atoms with Crippen LogP contribution in [-0.2, 0) is 0 Å². The van der Waals surface area contributed by atoms with Crippen molar-refractivity contribution in [1.29, 1.82) is 0 Å². The van der Waals surface area contributed by atoms with E-state index < -0.39 is 0 Å². The van der Waals surface area contributed by atoms with Crippen LogP contribution in [0.1, 0.15) is 17.2 Å². The Hall–Kier alpha value is -0.930. The molecule has 1 fully saturated rings. The molecule has 22 heavy (non-hydrogen) atoms. The first-order valence-corrected chi connectivity index (χ1v) is 7.78. The van der Waals surface area contributed by atoms with Gasteiger partial charge in [0.25, 0.3) is 0 Å². The van der Waals surface area contributed by atoms with E-state index in [0.29, 0.717) is 16.0 Å². The van der Waals surface area contributed by atoms with Crippen molar-refractivity contribution in [2.45, 2.75) is 13.0 Å². The molecule has 1 saturated heterocycles. The maximum Gasteiger partial charge on any atom is 0.129 e. The molecule has 1 N–H and O–H groups in total. The highest BCUT2D eigenvalue weighted by Gasteiger charge is 2.30. The summed E-state index contributed by atoms with van der Waals surface area (Å²) in [7, 11) is 0. The molecule has 1 atom stereocenters. The summed E-state index contributed by atoms with van der Waals surface area (Å²) in [5.74, 6) is 1.33. The minimum atomic E-state index is -0.0113. The van der Waals surface area contributed by atoms with Gasteiger partial charge in [0.1, 0.15) is 11.9 Å². The average Bonchev–Trinajstić information content (AvgIpc) is 2.39. The van der Waals surface area contributed by atoms with Crippen LogP contribution >= 0.6 is 35.6 Å². The van der Waals surface area contributed by atoms with Gasteiger partial charge in [-0.15, -0.1) is 12.4 Å². The zero-order valence-electron chi connectivity index (χ0n) is 12.2. The van der Waals surface area contributed by atoms with Crippen molar-refractivity contribution in [2.24, 2.45) is 5.92 Å². The maximum atomic E-state index is 6.24. The molecule has 0 unspecified atom stereocenters.